The number of amides is 1. The van der Waals surface area contributed by atoms with Gasteiger partial charge in [0, 0.05) is 18.1 Å². The molecule has 3 heterocycles. The summed E-state index contributed by atoms with van der Waals surface area (Å²) in [7, 11) is 1.87. The number of carbonyl (C=O) groups excluding carboxylic acids is 1. The van der Waals surface area contributed by atoms with Gasteiger partial charge in [-0.2, -0.15) is 10.3 Å². The molecule has 0 atom stereocenters. The van der Waals surface area contributed by atoms with E-state index in [4.69, 9.17) is 4.52 Å². The van der Waals surface area contributed by atoms with E-state index < -0.39 is 0 Å². The normalized spacial score (nSPS) is 11.2. The molecule has 1 amide bonds. The number of anilines is 1. The van der Waals surface area contributed by atoms with Crippen LogP contribution in [-0.4, -0.2) is 41.5 Å². The molecule has 3 aromatic heterocycles. The summed E-state index contributed by atoms with van der Waals surface area (Å²) < 4.78 is 6.93. The summed E-state index contributed by atoms with van der Waals surface area (Å²) in [5.74, 6) is 0.624. The third-order valence-corrected chi connectivity index (χ3v) is 4.22. The number of hydrogen-bond acceptors (Lipinski definition) is 7. The molecule has 10 nitrogen and oxygen atoms in total. The van der Waals surface area contributed by atoms with Gasteiger partial charge in [-0.05, 0) is 32.0 Å². The number of H-pyrrole nitrogens is 1. The fourth-order valence-corrected chi connectivity index (χ4v) is 2.91. The summed E-state index contributed by atoms with van der Waals surface area (Å²) in [6.07, 6.45) is 1.76. The van der Waals surface area contributed by atoms with Gasteiger partial charge in [0.05, 0.1) is 24.0 Å². The Kier molecular flexibility index (Phi) is 3.72. The van der Waals surface area contributed by atoms with Gasteiger partial charge in [0.25, 0.3) is 5.91 Å². The van der Waals surface area contributed by atoms with Crippen LogP contribution in [0.4, 0.5) is 5.69 Å². The van der Waals surface area contributed by atoms with Gasteiger partial charge in [-0.1, -0.05) is 10.4 Å². The van der Waals surface area contributed by atoms with Gasteiger partial charge in [0.1, 0.15) is 11.3 Å². The minimum atomic E-state index is -0.241. The molecule has 0 saturated heterocycles. The molecular formula is C16H16N8O2. The van der Waals surface area contributed by atoms with E-state index in [1.165, 1.54) is 0 Å². The van der Waals surface area contributed by atoms with Crippen LogP contribution < -0.4 is 4.90 Å². The fraction of sp³-hybridized carbons (Fsp3) is 0.250. The predicted octanol–water partition coefficient (Wildman–Crippen LogP) is 1.54. The summed E-state index contributed by atoms with van der Waals surface area (Å²) in [5, 5.41) is 22.9. The summed E-state index contributed by atoms with van der Waals surface area (Å²) in [4.78, 5) is 14.8. The first-order valence-electron chi connectivity index (χ1n) is 7.93. The lowest BCUT2D eigenvalue weighted by molar-refractivity contribution is 0.0982. The number of fused-ring (bicyclic) bond motifs is 1. The molecule has 0 unspecified atom stereocenters. The maximum atomic E-state index is 13.2. The van der Waals surface area contributed by atoms with Crippen LogP contribution in [0.5, 0.6) is 0 Å². The molecule has 1 aromatic carbocycles. The van der Waals surface area contributed by atoms with Crippen molar-refractivity contribution in [1.29, 1.82) is 0 Å². The molecule has 0 radical (unpaired) electrons. The summed E-state index contributed by atoms with van der Waals surface area (Å²) in [6, 6.07) is 5.68. The summed E-state index contributed by atoms with van der Waals surface area (Å²) in [5.41, 5.74) is 2.63. The Hall–Kier alpha value is -3.56. The standard InChI is InChI=1S/C16H16N8O2/c1-9-15(10(2)26-20-9)16(25)24(8-14-18-21-22-19-14)12-4-5-13-11(6-12)7-17-23(13)3/h4-7H,8H2,1-3H3,(H,18,19,21,22). The third kappa shape index (κ3) is 2.61. The van der Waals surface area contributed by atoms with Crippen molar-refractivity contribution in [1.82, 2.24) is 35.6 Å². The first-order chi connectivity index (χ1) is 12.5. The fourth-order valence-electron chi connectivity index (χ4n) is 2.91. The number of aromatic amines is 1. The molecule has 0 fully saturated rings. The van der Waals surface area contributed by atoms with Crippen LogP contribution in [0.3, 0.4) is 0 Å². The lowest BCUT2D eigenvalue weighted by atomic mass is 10.1. The van der Waals surface area contributed by atoms with Gasteiger partial charge in [-0.25, -0.2) is 0 Å². The number of benzene rings is 1. The SMILES string of the molecule is Cc1noc(C)c1C(=O)N(Cc1nn[nH]n1)c1ccc2c(cnn2C)c1. The number of nitrogens with zero attached hydrogens (tertiary/aromatic N) is 7. The smallest absolute Gasteiger partial charge is 0.264 e. The summed E-state index contributed by atoms with van der Waals surface area (Å²) in [6.45, 7) is 3.61. The van der Waals surface area contributed by atoms with Crippen LogP contribution in [0.1, 0.15) is 27.6 Å². The zero-order chi connectivity index (χ0) is 18.3. The van der Waals surface area contributed by atoms with Crippen molar-refractivity contribution in [3.8, 4) is 0 Å². The van der Waals surface area contributed by atoms with E-state index in [0.29, 0.717) is 28.5 Å². The minimum absolute atomic E-state index is 0.158. The quantitative estimate of drug-likeness (QED) is 0.591. The Morgan fingerprint density at radius 1 is 1.35 bits per heavy atom. The maximum absolute atomic E-state index is 13.2. The highest BCUT2D eigenvalue weighted by atomic mass is 16.5. The average molecular weight is 352 g/mol. The van der Waals surface area contributed by atoms with E-state index in [-0.39, 0.29) is 12.5 Å². The van der Waals surface area contributed by atoms with Gasteiger partial charge in [0.2, 0.25) is 0 Å². The highest BCUT2D eigenvalue weighted by molar-refractivity contribution is 6.08. The zero-order valence-corrected chi connectivity index (χ0v) is 14.5. The molecule has 26 heavy (non-hydrogen) atoms. The Morgan fingerprint density at radius 3 is 2.88 bits per heavy atom. The van der Waals surface area contributed by atoms with Crippen molar-refractivity contribution in [3.63, 3.8) is 0 Å². The van der Waals surface area contributed by atoms with Crippen molar-refractivity contribution >= 4 is 22.5 Å². The third-order valence-electron chi connectivity index (χ3n) is 4.22. The van der Waals surface area contributed by atoms with E-state index in [2.05, 4.69) is 30.9 Å². The molecule has 4 rings (SSSR count). The van der Waals surface area contributed by atoms with E-state index in [9.17, 15) is 4.79 Å². The lowest BCUT2D eigenvalue weighted by Gasteiger charge is -2.21. The molecule has 0 spiro atoms. The second-order valence-electron chi connectivity index (χ2n) is 5.93. The van der Waals surface area contributed by atoms with Gasteiger partial charge in [0.15, 0.2) is 5.82 Å². The molecule has 4 aromatic rings. The number of rotatable bonds is 4. The Bertz CT molecular complexity index is 1060. The molecule has 0 aliphatic carbocycles. The Labute approximate surface area is 147 Å². The van der Waals surface area contributed by atoms with E-state index >= 15 is 0 Å². The van der Waals surface area contributed by atoms with E-state index in [1.54, 1.807) is 29.6 Å². The van der Waals surface area contributed by atoms with E-state index in [1.807, 2.05) is 25.2 Å². The van der Waals surface area contributed by atoms with Gasteiger partial charge >= 0.3 is 0 Å². The molecule has 1 N–H and O–H groups in total. The number of aryl methyl sites for hydroxylation is 3. The van der Waals surface area contributed by atoms with Crippen LogP contribution in [0, 0.1) is 13.8 Å². The summed E-state index contributed by atoms with van der Waals surface area (Å²) >= 11 is 0. The largest absolute Gasteiger partial charge is 0.361 e. The van der Waals surface area contributed by atoms with Crippen LogP contribution in [-0.2, 0) is 13.6 Å². The number of hydrogen-bond donors (Lipinski definition) is 1. The molecule has 132 valence electrons. The Balaban J connectivity index is 1.80. The van der Waals surface area contributed by atoms with Gasteiger partial charge < -0.3 is 9.42 Å². The first-order valence-corrected chi connectivity index (χ1v) is 7.93. The van der Waals surface area contributed by atoms with Crippen molar-refractivity contribution in [2.75, 3.05) is 4.90 Å². The van der Waals surface area contributed by atoms with Crippen LogP contribution in [0.15, 0.2) is 28.9 Å². The second-order valence-corrected chi connectivity index (χ2v) is 5.93. The Morgan fingerprint density at radius 2 is 2.19 bits per heavy atom. The van der Waals surface area contributed by atoms with E-state index in [0.717, 1.165) is 10.9 Å². The van der Waals surface area contributed by atoms with Crippen molar-refractivity contribution in [2.45, 2.75) is 20.4 Å². The number of carbonyl (C=O) groups is 1. The molecule has 0 aliphatic rings. The number of aromatic nitrogens is 7. The zero-order valence-electron chi connectivity index (χ0n) is 14.5. The predicted molar refractivity (Wildman–Crippen MR) is 91.4 cm³/mol. The maximum Gasteiger partial charge on any atom is 0.264 e. The highest BCUT2D eigenvalue weighted by Gasteiger charge is 2.26. The number of nitrogens with one attached hydrogen (secondary N) is 1. The van der Waals surface area contributed by atoms with Crippen LogP contribution in [0.2, 0.25) is 0 Å². The van der Waals surface area contributed by atoms with Gasteiger partial charge in [-0.15, -0.1) is 10.2 Å². The topological polar surface area (TPSA) is 119 Å². The molecule has 0 saturated carbocycles. The minimum Gasteiger partial charge on any atom is -0.361 e. The molecular weight excluding hydrogens is 336 g/mol. The van der Waals surface area contributed by atoms with Crippen LogP contribution >= 0.6 is 0 Å². The van der Waals surface area contributed by atoms with Gasteiger partial charge in [-0.3, -0.25) is 9.48 Å². The van der Waals surface area contributed by atoms with Crippen LogP contribution in [0.25, 0.3) is 10.9 Å². The highest BCUT2D eigenvalue weighted by Crippen LogP contribution is 2.26. The van der Waals surface area contributed by atoms with Crippen molar-refractivity contribution < 1.29 is 9.32 Å². The first kappa shape index (κ1) is 15.9. The number of tetrazole rings is 1. The average Bonchev–Trinajstić information content (AvgIpc) is 3.34. The second kappa shape index (κ2) is 6.06. The molecule has 0 aliphatic heterocycles. The van der Waals surface area contributed by atoms with Crippen molar-refractivity contribution in [3.05, 3.63) is 47.2 Å². The molecule has 10 heteroatoms. The lowest BCUT2D eigenvalue weighted by Crippen LogP contribution is -2.31. The molecule has 0 bridgehead atoms. The van der Waals surface area contributed by atoms with Crippen molar-refractivity contribution in [2.24, 2.45) is 7.05 Å². The monoisotopic (exact) mass is 352 g/mol.